The first-order valence-electron chi connectivity index (χ1n) is 5.40. The van der Waals surface area contributed by atoms with Crippen LogP contribution >= 0.6 is 0 Å². The molecule has 1 unspecified atom stereocenters. The summed E-state index contributed by atoms with van der Waals surface area (Å²) in [5.41, 5.74) is 0.755. The second kappa shape index (κ2) is 6.81. The van der Waals surface area contributed by atoms with Gasteiger partial charge in [-0.1, -0.05) is 12.1 Å². The van der Waals surface area contributed by atoms with Crippen molar-refractivity contribution in [1.29, 1.82) is 0 Å². The van der Waals surface area contributed by atoms with Crippen molar-refractivity contribution in [3.05, 3.63) is 29.8 Å². The van der Waals surface area contributed by atoms with Gasteiger partial charge in [0, 0.05) is 12.5 Å². The predicted octanol–water partition coefficient (Wildman–Crippen LogP) is 1.54. The zero-order chi connectivity index (χ0) is 13.6. The van der Waals surface area contributed by atoms with E-state index in [0.717, 1.165) is 5.56 Å². The van der Waals surface area contributed by atoms with E-state index in [2.05, 4.69) is 4.89 Å². The molecule has 0 aliphatic carbocycles. The Morgan fingerprint density at radius 1 is 1.22 bits per heavy atom. The van der Waals surface area contributed by atoms with E-state index in [9.17, 15) is 8.42 Å². The summed E-state index contributed by atoms with van der Waals surface area (Å²) < 4.78 is 35.8. The predicted molar refractivity (Wildman–Crippen MR) is 64.1 cm³/mol. The van der Waals surface area contributed by atoms with Gasteiger partial charge in [0.05, 0.1) is 18.1 Å². The lowest BCUT2D eigenvalue weighted by molar-refractivity contribution is -0.247. The van der Waals surface area contributed by atoms with Crippen LogP contribution in [0, 0.1) is 0 Å². The van der Waals surface area contributed by atoms with E-state index in [-0.39, 0.29) is 17.4 Å². The van der Waals surface area contributed by atoms with E-state index in [0.29, 0.717) is 13.2 Å². The molecule has 1 atom stereocenters. The van der Waals surface area contributed by atoms with Crippen molar-refractivity contribution >= 4 is 10.1 Å². The van der Waals surface area contributed by atoms with E-state index in [1.54, 1.807) is 12.1 Å². The lowest BCUT2D eigenvalue weighted by Gasteiger charge is -2.15. The van der Waals surface area contributed by atoms with E-state index in [1.165, 1.54) is 12.1 Å². The molecule has 0 amide bonds. The molecular formula is C11H16O6S. The van der Waals surface area contributed by atoms with Crippen molar-refractivity contribution < 1.29 is 27.9 Å². The minimum atomic E-state index is -4.19. The SMILES string of the molecule is CCOCC(COO)c1ccc(S(=O)(=O)O)cc1. The van der Waals surface area contributed by atoms with Crippen LogP contribution in [0.15, 0.2) is 29.2 Å². The Kier molecular flexibility index (Phi) is 5.70. The highest BCUT2D eigenvalue weighted by Gasteiger charge is 2.14. The molecule has 6 nitrogen and oxygen atoms in total. The van der Waals surface area contributed by atoms with Gasteiger partial charge < -0.3 is 4.74 Å². The molecule has 0 spiro atoms. The summed E-state index contributed by atoms with van der Waals surface area (Å²) in [6, 6.07) is 5.68. The largest absolute Gasteiger partial charge is 0.381 e. The molecular weight excluding hydrogens is 260 g/mol. The molecule has 0 saturated heterocycles. The second-order valence-corrected chi connectivity index (χ2v) is 5.12. The van der Waals surface area contributed by atoms with Crippen molar-refractivity contribution in [2.45, 2.75) is 17.7 Å². The maximum absolute atomic E-state index is 10.9. The highest BCUT2D eigenvalue weighted by molar-refractivity contribution is 7.85. The fourth-order valence-corrected chi connectivity index (χ4v) is 1.98. The lowest BCUT2D eigenvalue weighted by Crippen LogP contribution is -2.14. The van der Waals surface area contributed by atoms with Crippen LogP contribution in [0.4, 0.5) is 0 Å². The van der Waals surface area contributed by atoms with Gasteiger partial charge in [0.15, 0.2) is 0 Å². The van der Waals surface area contributed by atoms with Gasteiger partial charge in [-0.25, -0.2) is 4.89 Å². The van der Waals surface area contributed by atoms with Gasteiger partial charge in [-0.15, -0.1) is 0 Å². The first-order chi connectivity index (χ1) is 8.49. The number of ether oxygens (including phenoxy) is 1. The third kappa shape index (κ3) is 4.35. The summed E-state index contributed by atoms with van der Waals surface area (Å²) in [6.45, 7) is 2.77. The molecule has 18 heavy (non-hydrogen) atoms. The zero-order valence-corrected chi connectivity index (χ0v) is 10.8. The van der Waals surface area contributed by atoms with E-state index in [4.69, 9.17) is 14.5 Å². The molecule has 0 aromatic heterocycles. The first kappa shape index (κ1) is 15.1. The van der Waals surface area contributed by atoms with Crippen LogP contribution in [-0.4, -0.2) is 38.0 Å². The number of hydrogen-bond acceptors (Lipinski definition) is 5. The van der Waals surface area contributed by atoms with Gasteiger partial charge in [0.25, 0.3) is 10.1 Å². The molecule has 0 heterocycles. The Morgan fingerprint density at radius 2 is 1.83 bits per heavy atom. The molecule has 2 N–H and O–H groups in total. The molecule has 0 fully saturated rings. The Labute approximate surface area is 106 Å². The first-order valence-corrected chi connectivity index (χ1v) is 6.84. The Morgan fingerprint density at radius 3 is 2.28 bits per heavy atom. The Balaban J connectivity index is 2.86. The monoisotopic (exact) mass is 276 g/mol. The minimum Gasteiger partial charge on any atom is -0.381 e. The molecule has 0 radical (unpaired) electrons. The molecule has 0 bridgehead atoms. The van der Waals surface area contributed by atoms with Gasteiger partial charge in [-0.2, -0.15) is 8.42 Å². The van der Waals surface area contributed by atoms with Crippen molar-refractivity contribution in [3.8, 4) is 0 Å². The number of benzene rings is 1. The highest BCUT2D eigenvalue weighted by Crippen LogP contribution is 2.19. The van der Waals surface area contributed by atoms with Crippen molar-refractivity contribution in [1.82, 2.24) is 0 Å². The van der Waals surface area contributed by atoms with Crippen LogP contribution in [0.5, 0.6) is 0 Å². The van der Waals surface area contributed by atoms with Crippen molar-refractivity contribution in [2.75, 3.05) is 19.8 Å². The zero-order valence-electron chi connectivity index (χ0n) is 9.94. The maximum atomic E-state index is 10.9. The molecule has 1 aromatic carbocycles. The summed E-state index contributed by atoms with van der Waals surface area (Å²) in [5, 5.41) is 8.49. The summed E-state index contributed by atoms with van der Waals surface area (Å²) in [5.74, 6) is -0.203. The lowest BCUT2D eigenvalue weighted by atomic mass is 10.0. The molecule has 0 aliphatic heterocycles. The van der Waals surface area contributed by atoms with Gasteiger partial charge in [0.1, 0.15) is 0 Å². The van der Waals surface area contributed by atoms with Crippen LogP contribution in [-0.2, 0) is 19.7 Å². The third-order valence-corrected chi connectivity index (χ3v) is 3.32. The van der Waals surface area contributed by atoms with Crippen LogP contribution in [0.2, 0.25) is 0 Å². The standard InChI is InChI=1S/C11H16O6S/c1-2-16-7-10(8-17-12)9-3-5-11(6-4-9)18(13,14)15/h3-6,10,12H,2,7-8H2,1H3,(H,13,14,15). The summed E-state index contributed by atoms with van der Waals surface area (Å²) in [7, 11) is -4.19. The van der Waals surface area contributed by atoms with E-state index in [1.807, 2.05) is 6.92 Å². The fourth-order valence-electron chi connectivity index (χ4n) is 1.50. The molecule has 7 heteroatoms. The molecule has 0 saturated carbocycles. The van der Waals surface area contributed by atoms with Crippen LogP contribution < -0.4 is 0 Å². The highest BCUT2D eigenvalue weighted by atomic mass is 32.2. The average Bonchev–Trinajstić information content (AvgIpc) is 2.33. The second-order valence-electron chi connectivity index (χ2n) is 3.70. The number of hydrogen-bond donors (Lipinski definition) is 2. The molecule has 1 aromatic rings. The summed E-state index contributed by atoms with van der Waals surface area (Å²) in [6.07, 6.45) is 0. The normalized spacial score (nSPS) is 13.5. The summed E-state index contributed by atoms with van der Waals surface area (Å²) >= 11 is 0. The van der Waals surface area contributed by atoms with E-state index >= 15 is 0 Å². The van der Waals surface area contributed by atoms with Gasteiger partial charge in [-0.3, -0.25) is 9.81 Å². The summed E-state index contributed by atoms with van der Waals surface area (Å²) in [4.78, 5) is 3.93. The maximum Gasteiger partial charge on any atom is 0.294 e. The minimum absolute atomic E-state index is 0.0468. The van der Waals surface area contributed by atoms with Crippen LogP contribution in [0.25, 0.3) is 0 Å². The van der Waals surface area contributed by atoms with Crippen LogP contribution in [0.3, 0.4) is 0 Å². The fraction of sp³-hybridized carbons (Fsp3) is 0.455. The topological polar surface area (TPSA) is 93.1 Å². The Bertz CT molecular complexity index is 453. The van der Waals surface area contributed by atoms with Gasteiger partial charge in [0.2, 0.25) is 0 Å². The third-order valence-electron chi connectivity index (χ3n) is 2.45. The van der Waals surface area contributed by atoms with Crippen LogP contribution in [0.1, 0.15) is 18.4 Å². The number of rotatable bonds is 7. The molecule has 102 valence electrons. The smallest absolute Gasteiger partial charge is 0.294 e. The quantitative estimate of drug-likeness (QED) is 0.446. The van der Waals surface area contributed by atoms with Gasteiger partial charge in [-0.05, 0) is 24.6 Å². The van der Waals surface area contributed by atoms with Crippen molar-refractivity contribution in [2.24, 2.45) is 0 Å². The Hall–Kier alpha value is -0.990. The van der Waals surface area contributed by atoms with Crippen molar-refractivity contribution in [3.63, 3.8) is 0 Å². The molecule has 0 aliphatic rings. The van der Waals surface area contributed by atoms with Gasteiger partial charge >= 0.3 is 0 Å². The average molecular weight is 276 g/mol. The molecule has 1 rings (SSSR count). The van der Waals surface area contributed by atoms with E-state index < -0.39 is 10.1 Å².